The number of amides is 1. The molecule has 0 fully saturated rings. The van der Waals surface area contributed by atoms with E-state index in [2.05, 4.69) is 0 Å². The highest BCUT2D eigenvalue weighted by Crippen LogP contribution is 2.38. The van der Waals surface area contributed by atoms with Crippen molar-refractivity contribution in [3.05, 3.63) is 71.4 Å². The summed E-state index contributed by atoms with van der Waals surface area (Å²) < 4.78 is 10.9. The molecule has 170 valence electrons. The zero-order valence-corrected chi connectivity index (χ0v) is 18.8. The van der Waals surface area contributed by atoms with Gasteiger partial charge in [0, 0.05) is 6.54 Å². The van der Waals surface area contributed by atoms with Crippen LogP contribution in [0.4, 0.5) is 0 Å². The Bertz CT molecular complexity index is 974. The Morgan fingerprint density at radius 3 is 2.62 bits per heavy atom. The molecule has 0 saturated carbocycles. The third-order valence-corrected chi connectivity index (χ3v) is 5.18. The van der Waals surface area contributed by atoms with Crippen LogP contribution in [-0.2, 0) is 9.59 Å². The highest BCUT2D eigenvalue weighted by atomic mass is 16.5. The van der Waals surface area contributed by atoms with Crippen molar-refractivity contribution in [1.82, 2.24) is 9.80 Å². The molecule has 1 aromatic heterocycles. The van der Waals surface area contributed by atoms with E-state index in [-0.39, 0.29) is 5.57 Å². The maximum atomic E-state index is 13.1. The predicted octanol–water partition coefficient (Wildman–Crippen LogP) is 4.00. The molecule has 2 heterocycles. The summed E-state index contributed by atoms with van der Waals surface area (Å²) in [7, 11) is 3.92. The summed E-state index contributed by atoms with van der Waals surface area (Å²) in [5.41, 5.74) is 0.815. The summed E-state index contributed by atoms with van der Waals surface area (Å²) in [4.78, 5) is 29.6. The molecule has 1 aromatic carbocycles. The number of allylic oxidation sites excluding steroid dienone is 1. The van der Waals surface area contributed by atoms with E-state index in [1.54, 1.807) is 17.0 Å². The van der Waals surface area contributed by atoms with Gasteiger partial charge in [-0.1, -0.05) is 19.1 Å². The average Bonchev–Trinajstić information content (AvgIpc) is 3.38. The number of hydrogen-bond donors (Lipinski definition) is 1. The first-order chi connectivity index (χ1) is 15.4. The quantitative estimate of drug-likeness (QED) is 0.534. The van der Waals surface area contributed by atoms with Crippen LogP contribution >= 0.6 is 0 Å². The molecule has 0 radical (unpaired) electrons. The van der Waals surface area contributed by atoms with Crippen LogP contribution in [0.1, 0.15) is 37.1 Å². The van der Waals surface area contributed by atoms with Crippen LogP contribution in [0.15, 0.2) is 64.5 Å². The fraction of sp³-hybridized carbons (Fsp3) is 0.360. The van der Waals surface area contributed by atoms with E-state index in [1.807, 2.05) is 50.2 Å². The van der Waals surface area contributed by atoms with Gasteiger partial charge in [-0.2, -0.15) is 0 Å². The van der Waals surface area contributed by atoms with E-state index in [0.717, 1.165) is 24.3 Å². The van der Waals surface area contributed by atoms with Crippen LogP contribution in [0.25, 0.3) is 6.08 Å². The second kappa shape index (κ2) is 10.8. The summed E-state index contributed by atoms with van der Waals surface area (Å²) in [5.74, 6) is -0.230. The number of carbonyl (C=O) groups excluding carboxylic acids is 2. The molecule has 1 aliphatic heterocycles. The molecule has 1 amide bonds. The van der Waals surface area contributed by atoms with Gasteiger partial charge in [0.15, 0.2) is 11.5 Å². The summed E-state index contributed by atoms with van der Waals surface area (Å²) in [6.45, 7) is 3.84. The van der Waals surface area contributed by atoms with Crippen molar-refractivity contribution >= 4 is 17.8 Å². The first-order valence-electron chi connectivity index (χ1n) is 10.8. The lowest BCUT2D eigenvalue weighted by atomic mass is 9.95. The molecule has 1 unspecified atom stereocenters. The maximum Gasteiger partial charge on any atom is 0.290 e. The number of aliphatic hydroxyl groups excluding tert-OH is 1. The molecular weight excluding hydrogens is 408 g/mol. The number of rotatable bonds is 11. The van der Waals surface area contributed by atoms with Crippen molar-refractivity contribution in [1.29, 1.82) is 0 Å². The number of hydrogen-bond acceptors (Lipinski definition) is 6. The van der Waals surface area contributed by atoms with Crippen LogP contribution in [0.5, 0.6) is 5.75 Å². The Morgan fingerprint density at radius 2 is 2.00 bits per heavy atom. The molecule has 0 aliphatic carbocycles. The molecule has 1 atom stereocenters. The van der Waals surface area contributed by atoms with Crippen molar-refractivity contribution in [2.24, 2.45) is 0 Å². The molecule has 0 saturated heterocycles. The van der Waals surface area contributed by atoms with Crippen molar-refractivity contribution in [3.63, 3.8) is 0 Å². The van der Waals surface area contributed by atoms with Gasteiger partial charge in [0.25, 0.3) is 5.91 Å². The summed E-state index contributed by atoms with van der Waals surface area (Å²) >= 11 is 0. The lowest BCUT2D eigenvalue weighted by Gasteiger charge is -2.27. The van der Waals surface area contributed by atoms with E-state index >= 15 is 0 Å². The highest BCUT2D eigenvalue weighted by Gasteiger charge is 2.42. The minimum Gasteiger partial charge on any atom is -0.503 e. The van der Waals surface area contributed by atoms with Gasteiger partial charge in [-0.3, -0.25) is 9.59 Å². The Labute approximate surface area is 188 Å². The second-order valence-electron chi connectivity index (χ2n) is 7.95. The van der Waals surface area contributed by atoms with Gasteiger partial charge in [-0.15, -0.1) is 0 Å². The maximum absolute atomic E-state index is 13.1. The van der Waals surface area contributed by atoms with Gasteiger partial charge in [0.1, 0.15) is 11.5 Å². The normalized spacial score (nSPS) is 16.6. The van der Waals surface area contributed by atoms with Crippen LogP contribution < -0.4 is 4.74 Å². The molecule has 3 rings (SSSR count). The number of aliphatic hydroxyl groups is 1. The van der Waals surface area contributed by atoms with E-state index in [1.165, 1.54) is 18.4 Å². The van der Waals surface area contributed by atoms with Gasteiger partial charge >= 0.3 is 0 Å². The summed E-state index contributed by atoms with van der Waals surface area (Å²) in [6.07, 6.45) is 5.98. The van der Waals surface area contributed by atoms with E-state index in [9.17, 15) is 14.7 Å². The lowest BCUT2D eigenvalue weighted by Crippen LogP contribution is -2.33. The highest BCUT2D eigenvalue weighted by molar-refractivity contribution is 6.14. The number of nitrogens with zero attached hydrogens (tertiary/aromatic N) is 2. The van der Waals surface area contributed by atoms with E-state index < -0.39 is 23.5 Å². The zero-order chi connectivity index (χ0) is 23.1. The molecule has 7 nitrogen and oxygen atoms in total. The van der Waals surface area contributed by atoms with E-state index in [0.29, 0.717) is 25.3 Å². The fourth-order valence-electron chi connectivity index (χ4n) is 3.64. The molecule has 0 spiro atoms. The van der Waals surface area contributed by atoms with Crippen molar-refractivity contribution in [2.75, 3.05) is 33.8 Å². The minimum absolute atomic E-state index is 0.0740. The van der Waals surface area contributed by atoms with Gasteiger partial charge in [-0.05, 0) is 75.5 Å². The number of ketones is 1. The first kappa shape index (κ1) is 23.3. The average molecular weight is 439 g/mol. The molecule has 1 aliphatic rings. The van der Waals surface area contributed by atoms with Crippen molar-refractivity contribution < 1.29 is 23.8 Å². The predicted molar refractivity (Wildman–Crippen MR) is 122 cm³/mol. The Balaban J connectivity index is 1.90. The molecule has 1 N–H and O–H groups in total. The van der Waals surface area contributed by atoms with Crippen molar-refractivity contribution in [2.45, 2.75) is 25.8 Å². The molecule has 32 heavy (non-hydrogen) atoms. The van der Waals surface area contributed by atoms with Gasteiger partial charge in [0.2, 0.25) is 0 Å². The first-order valence-corrected chi connectivity index (χ1v) is 10.8. The Hall–Kier alpha value is -3.32. The van der Waals surface area contributed by atoms with E-state index in [4.69, 9.17) is 9.15 Å². The third-order valence-electron chi connectivity index (χ3n) is 5.18. The number of benzene rings is 1. The standard InChI is InChI=1S/C25H30N2O5/c1-4-16-31-20-10-8-18(9-11-20)23-22(21(28)13-12-19-7-5-17-32-19)24(29)25(30)27(23)15-6-14-26(2)3/h5,7-13,17,23,29H,4,6,14-16H2,1-3H3/b13-12+. The van der Waals surface area contributed by atoms with Crippen LogP contribution in [-0.4, -0.2) is 60.4 Å². The van der Waals surface area contributed by atoms with Gasteiger partial charge in [-0.25, -0.2) is 0 Å². The van der Waals surface area contributed by atoms with Crippen LogP contribution in [0, 0.1) is 0 Å². The fourth-order valence-corrected chi connectivity index (χ4v) is 3.64. The second-order valence-corrected chi connectivity index (χ2v) is 7.95. The molecular formula is C25H30N2O5. The number of ether oxygens (including phenoxy) is 1. The summed E-state index contributed by atoms with van der Waals surface area (Å²) in [5, 5.41) is 10.6. The largest absolute Gasteiger partial charge is 0.503 e. The van der Waals surface area contributed by atoms with Crippen LogP contribution in [0.2, 0.25) is 0 Å². The van der Waals surface area contributed by atoms with Gasteiger partial charge in [0.05, 0.1) is 24.5 Å². The third kappa shape index (κ3) is 5.48. The number of carbonyl (C=O) groups is 2. The summed E-state index contributed by atoms with van der Waals surface area (Å²) in [6, 6.07) is 10.1. The van der Waals surface area contributed by atoms with Gasteiger partial charge < -0.3 is 24.1 Å². The minimum atomic E-state index is -0.668. The zero-order valence-electron chi connectivity index (χ0n) is 18.8. The monoisotopic (exact) mass is 438 g/mol. The Morgan fingerprint density at radius 1 is 1.25 bits per heavy atom. The smallest absolute Gasteiger partial charge is 0.290 e. The molecule has 7 heteroatoms. The number of furan rings is 1. The van der Waals surface area contributed by atoms with Crippen LogP contribution in [0.3, 0.4) is 0 Å². The molecule has 0 bridgehead atoms. The van der Waals surface area contributed by atoms with Crippen molar-refractivity contribution in [3.8, 4) is 5.75 Å². The lowest BCUT2D eigenvalue weighted by molar-refractivity contribution is -0.129. The SMILES string of the molecule is CCCOc1ccc(C2C(C(=O)/C=C/c3ccco3)=C(O)C(=O)N2CCCN(C)C)cc1. The Kier molecular flexibility index (Phi) is 7.89. The molecule has 2 aromatic rings. The topological polar surface area (TPSA) is 83.2 Å².